The fourth-order valence-corrected chi connectivity index (χ4v) is 2.25. The van der Waals surface area contributed by atoms with E-state index in [1.807, 2.05) is 0 Å². The monoisotopic (exact) mass is 327 g/mol. The molecule has 1 aromatic carbocycles. The zero-order valence-corrected chi connectivity index (χ0v) is 12.2. The van der Waals surface area contributed by atoms with Gasteiger partial charge in [-0.25, -0.2) is 9.78 Å². The Morgan fingerprint density at radius 2 is 1.95 bits per heavy atom. The third-order valence-electron chi connectivity index (χ3n) is 2.71. The maximum Gasteiger partial charge on any atom is 0.335 e. The second-order valence-electron chi connectivity index (χ2n) is 4.22. The lowest BCUT2D eigenvalue weighted by Crippen LogP contribution is -2.15. The van der Waals surface area contributed by atoms with E-state index in [2.05, 4.69) is 10.3 Å². The van der Waals surface area contributed by atoms with Gasteiger partial charge in [-0.1, -0.05) is 23.2 Å². The fourth-order valence-electron chi connectivity index (χ4n) is 1.67. The normalized spacial score (nSPS) is 10.4. The SMILES string of the molecule is O=C(CCn1ccnc1)Nc1c(Cl)cc(C(=O)O)cc1Cl. The van der Waals surface area contributed by atoms with Gasteiger partial charge in [0.1, 0.15) is 0 Å². The highest BCUT2D eigenvalue weighted by molar-refractivity contribution is 6.40. The van der Waals surface area contributed by atoms with Crippen LogP contribution < -0.4 is 5.32 Å². The second kappa shape index (κ2) is 6.60. The Kier molecular flexibility index (Phi) is 4.82. The number of nitrogens with one attached hydrogen (secondary N) is 1. The quantitative estimate of drug-likeness (QED) is 0.884. The Morgan fingerprint density at radius 3 is 2.48 bits per heavy atom. The number of nitrogens with zero attached hydrogens (tertiary/aromatic N) is 2. The van der Waals surface area contributed by atoms with Gasteiger partial charge >= 0.3 is 5.97 Å². The van der Waals surface area contributed by atoms with Crippen LogP contribution >= 0.6 is 23.2 Å². The van der Waals surface area contributed by atoms with Crippen LogP contribution in [0, 0.1) is 0 Å². The Bertz CT molecular complexity index is 648. The first-order chi connectivity index (χ1) is 9.97. The van der Waals surface area contributed by atoms with E-state index in [4.69, 9.17) is 28.3 Å². The van der Waals surface area contributed by atoms with E-state index in [1.165, 1.54) is 12.1 Å². The van der Waals surface area contributed by atoms with Crippen LogP contribution in [-0.2, 0) is 11.3 Å². The summed E-state index contributed by atoms with van der Waals surface area (Å²) in [6, 6.07) is 2.47. The van der Waals surface area contributed by atoms with E-state index in [9.17, 15) is 9.59 Å². The summed E-state index contributed by atoms with van der Waals surface area (Å²) in [5.74, 6) is -1.42. The van der Waals surface area contributed by atoms with Gasteiger partial charge in [0.05, 0.1) is 27.6 Å². The highest BCUT2D eigenvalue weighted by atomic mass is 35.5. The van der Waals surface area contributed by atoms with Crippen LogP contribution in [0.2, 0.25) is 10.0 Å². The van der Waals surface area contributed by atoms with Crippen molar-refractivity contribution in [2.24, 2.45) is 0 Å². The number of aromatic nitrogens is 2. The van der Waals surface area contributed by atoms with E-state index in [-0.39, 0.29) is 33.6 Å². The predicted molar refractivity (Wildman–Crippen MR) is 78.9 cm³/mol. The molecule has 0 aliphatic carbocycles. The third-order valence-corrected chi connectivity index (χ3v) is 3.31. The number of anilines is 1. The molecule has 0 aliphatic rings. The maximum absolute atomic E-state index is 11.9. The maximum atomic E-state index is 11.9. The van der Waals surface area contributed by atoms with E-state index in [0.29, 0.717) is 6.54 Å². The summed E-state index contributed by atoms with van der Waals surface area (Å²) in [5.41, 5.74) is 0.167. The second-order valence-corrected chi connectivity index (χ2v) is 5.03. The van der Waals surface area contributed by atoms with Crippen molar-refractivity contribution in [3.8, 4) is 0 Å². The molecule has 8 heteroatoms. The molecule has 2 rings (SSSR count). The molecule has 0 aliphatic heterocycles. The molecule has 0 radical (unpaired) electrons. The van der Waals surface area contributed by atoms with Crippen LogP contribution in [-0.4, -0.2) is 26.5 Å². The van der Waals surface area contributed by atoms with Gasteiger partial charge < -0.3 is 15.0 Å². The lowest BCUT2D eigenvalue weighted by Gasteiger charge is -2.10. The first-order valence-electron chi connectivity index (χ1n) is 5.95. The lowest BCUT2D eigenvalue weighted by atomic mass is 10.2. The molecule has 0 atom stereocenters. The highest BCUT2D eigenvalue weighted by Gasteiger charge is 2.14. The van der Waals surface area contributed by atoms with Crippen LogP contribution in [0.25, 0.3) is 0 Å². The summed E-state index contributed by atoms with van der Waals surface area (Å²) >= 11 is 11.9. The summed E-state index contributed by atoms with van der Waals surface area (Å²) in [5, 5.41) is 11.6. The molecule has 6 nitrogen and oxygen atoms in total. The molecule has 2 N–H and O–H groups in total. The molecule has 1 amide bonds. The Hall–Kier alpha value is -2.05. The molecule has 0 unspecified atom stereocenters. The number of carboxylic acid groups (broad SMARTS) is 1. The molecular formula is C13H11Cl2N3O3. The molecule has 0 saturated heterocycles. The van der Waals surface area contributed by atoms with Gasteiger partial charge in [0.25, 0.3) is 0 Å². The van der Waals surface area contributed by atoms with Gasteiger partial charge in [-0.05, 0) is 12.1 Å². The Morgan fingerprint density at radius 1 is 1.29 bits per heavy atom. The summed E-state index contributed by atoms with van der Waals surface area (Å²) < 4.78 is 1.76. The highest BCUT2D eigenvalue weighted by Crippen LogP contribution is 2.32. The zero-order chi connectivity index (χ0) is 15.4. The minimum atomic E-state index is -1.14. The number of carbonyl (C=O) groups is 2. The van der Waals surface area contributed by atoms with Crippen molar-refractivity contribution in [1.82, 2.24) is 9.55 Å². The number of amides is 1. The number of aryl methyl sites for hydroxylation is 1. The summed E-state index contributed by atoms with van der Waals surface area (Å²) in [7, 11) is 0. The molecule has 0 saturated carbocycles. The number of rotatable bonds is 5. The zero-order valence-electron chi connectivity index (χ0n) is 10.7. The van der Waals surface area contributed by atoms with Gasteiger partial charge in [0.2, 0.25) is 5.91 Å². The van der Waals surface area contributed by atoms with Crippen molar-refractivity contribution in [1.29, 1.82) is 0 Å². The van der Waals surface area contributed by atoms with Gasteiger partial charge in [-0.2, -0.15) is 0 Å². The number of carboxylic acids is 1. The summed E-state index contributed by atoms with van der Waals surface area (Å²) in [6.07, 6.45) is 5.18. The van der Waals surface area contributed by atoms with E-state index >= 15 is 0 Å². The topological polar surface area (TPSA) is 84.2 Å². The number of benzene rings is 1. The number of carbonyl (C=O) groups excluding carboxylic acids is 1. The molecule has 0 bridgehead atoms. The minimum Gasteiger partial charge on any atom is -0.478 e. The average Bonchev–Trinajstić information content (AvgIpc) is 2.93. The molecule has 0 spiro atoms. The number of imidazole rings is 1. The lowest BCUT2D eigenvalue weighted by molar-refractivity contribution is -0.116. The molecule has 21 heavy (non-hydrogen) atoms. The smallest absolute Gasteiger partial charge is 0.335 e. The van der Waals surface area contributed by atoms with Crippen molar-refractivity contribution in [2.45, 2.75) is 13.0 Å². The van der Waals surface area contributed by atoms with Gasteiger partial charge in [-0.15, -0.1) is 0 Å². The first-order valence-corrected chi connectivity index (χ1v) is 6.71. The van der Waals surface area contributed by atoms with Crippen molar-refractivity contribution < 1.29 is 14.7 Å². The van der Waals surface area contributed by atoms with Crippen molar-refractivity contribution >= 4 is 40.8 Å². The Labute approximate surface area is 130 Å². The van der Waals surface area contributed by atoms with E-state index < -0.39 is 5.97 Å². The summed E-state index contributed by atoms with van der Waals surface area (Å²) in [4.78, 5) is 26.6. The van der Waals surface area contributed by atoms with Crippen LogP contribution in [0.5, 0.6) is 0 Å². The number of aromatic carboxylic acids is 1. The Balaban J connectivity index is 2.05. The largest absolute Gasteiger partial charge is 0.478 e. The van der Waals surface area contributed by atoms with Gasteiger partial charge in [-0.3, -0.25) is 4.79 Å². The van der Waals surface area contributed by atoms with Crippen molar-refractivity contribution in [3.05, 3.63) is 46.5 Å². The van der Waals surface area contributed by atoms with Gasteiger partial charge in [0, 0.05) is 25.4 Å². The number of hydrogen-bond acceptors (Lipinski definition) is 3. The number of halogens is 2. The minimum absolute atomic E-state index is 0.0404. The third kappa shape index (κ3) is 3.96. The van der Waals surface area contributed by atoms with Crippen LogP contribution in [0.4, 0.5) is 5.69 Å². The van der Waals surface area contributed by atoms with Crippen LogP contribution in [0.15, 0.2) is 30.9 Å². The van der Waals surface area contributed by atoms with Crippen molar-refractivity contribution in [2.75, 3.05) is 5.32 Å². The molecule has 1 heterocycles. The van der Waals surface area contributed by atoms with E-state index in [0.717, 1.165) is 0 Å². The molecule has 110 valence electrons. The van der Waals surface area contributed by atoms with Crippen LogP contribution in [0.1, 0.15) is 16.8 Å². The first kappa shape index (κ1) is 15.3. The predicted octanol–water partition coefficient (Wildman–Crippen LogP) is 2.92. The van der Waals surface area contributed by atoms with Gasteiger partial charge in [0.15, 0.2) is 0 Å². The molecule has 2 aromatic rings. The summed E-state index contributed by atoms with van der Waals surface area (Å²) in [6.45, 7) is 0.467. The fraction of sp³-hybridized carbons (Fsp3) is 0.154. The van der Waals surface area contributed by atoms with Crippen LogP contribution in [0.3, 0.4) is 0 Å². The average molecular weight is 328 g/mol. The number of hydrogen-bond donors (Lipinski definition) is 2. The molecule has 0 fully saturated rings. The molecule has 1 aromatic heterocycles. The standard InChI is InChI=1S/C13H11Cl2N3O3/c14-9-5-8(13(20)21)6-10(15)12(9)17-11(19)1-3-18-4-2-16-7-18/h2,4-7H,1,3H2,(H,17,19)(H,20,21). The van der Waals surface area contributed by atoms with Crippen molar-refractivity contribution in [3.63, 3.8) is 0 Å². The van der Waals surface area contributed by atoms with E-state index in [1.54, 1.807) is 23.3 Å². The molecular weight excluding hydrogens is 317 g/mol.